The normalized spacial score (nSPS) is 29.2. The van der Waals surface area contributed by atoms with Crippen LogP contribution in [0.15, 0.2) is 9.98 Å². The molecular formula is C11H17Cl2N5O2. The highest BCUT2D eigenvalue weighted by atomic mass is 35.5. The van der Waals surface area contributed by atoms with Crippen molar-refractivity contribution >= 4 is 34.5 Å². The molecule has 7 nitrogen and oxygen atoms in total. The molecule has 0 aromatic heterocycles. The number of aliphatic imine (C=N–C) groups is 2. The third-order valence-corrected chi connectivity index (χ3v) is 3.86. The van der Waals surface area contributed by atoms with Gasteiger partial charge in [0.1, 0.15) is 0 Å². The Hall–Kier alpha value is -0.600. The molecule has 1 unspecified atom stereocenters. The zero-order valence-electron chi connectivity index (χ0n) is 11.0. The summed E-state index contributed by atoms with van der Waals surface area (Å²) < 4.78 is 10.8. The monoisotopic (exact) mass is 321 g/mol. The second kappa shape index (κ2) is 6.44. The van der Waals surface area contributed by atoms with Crippen molar-refractivity contribution in [2.45, 2.75) is 5.62 Å². The van der Waals surface area contributed by atoms with E-state index < -0.39 is 5.62 Å². The first kappa shape index (κ1) is 14.3. The Kier molecular flexibility index (Phi) is 4.62. The van der Waals surface area contributed by atoms with E-state index in [2.05, 4.69) is 19.9 Å². The molecule has 112 valence electrons. The fraction of sp³-hybridized carbons (Fsp3) is 0.818. The number of nitrogens with zero attached hydrogens (tertiary/aromatic N) is 5. The van der Waals surface area contributed by atoms with Crippen LogP contribution in [0.5, 0.6) is 0 Å². The molecule has 3 aliphatic heterocycles. The van der Waals surface area contributed by atoms with Crippen molar-refractivity contribution < 1.29 is 9.47 Å². The Balaban J connectivity index is 1.82. The molecule has 0 spiro atoms. The number of hydrogen-bond donors (Lipinski definition) is 0. The second-order valence-corrected chi connectivity index (χ2v) is 5.36. The van der Waals surface area contributed by atoms with Gasteiger partial charge in [0.25, 0.3) is 0 Å². The lowest BCUT2D eigenvalue weighted by Crippen LogP contribution is -2.61. The first-order valence-electron chi connectivity index (χ1n) is 6.66. The van der Waals surface area contributed by atoms with Crippen molar-refractivity contribution in [2.24, 2.45) is 9.98 Å². The molecule has 0 radical (unpaired) electrons. The predicted octanol–water partition coefficient (Wildman–Crippen LogP) is 0.355. The van der Waals surface area contributed by atoms with E-state index in [9.17, 15) is 0 Å². The largest absolute Gasteiger partial charge is 0.379 e. The fourth-order valence-electron chi connectivity index (χ4n) is 2.41. The van der Waals surface area contributed by atoms with Gasteiger partial charge in [-0.05, 0) is 11.6 Å². The lowest BCUT2D eigenvalue weighted by atomic mass is 10.4. The van der Waals surface area contributed by atoms with Crippen LogP contribution in [0.25, 0.3) is 0 Å². The number of rotatable bonds is 1. The van der Waals surface area contributed by atoms with Crippen LogP contribution in [-0.2, 0) is 9.47 Å². The number of alkyl halides is 1. The SMILES string of the molecule is ClC1=NC(Cl)N(N2CCOCC2)C(N2CCOCC2)=N1. The van der Waals surface area contributed by atoms with E-state index in [0.717, 1.165) is 32.1 Å². The number of ether oxygens (including phenoxy) is 2. The molecule has 3 heterocycles. The van der Waals surface area contributed by atoms with Gasteiger partial charge in [0.15, 0.2) is 0 Å². The average Bonchev–Trinajstić information content (AvgIpc) is 2.48. The van der Waals surface area contributed by atoms with Crippen molar-refractivity contribution in [3.63, 3.8) is 0 Å². The molecule has 0 aromatic rings. The van der Waals surface area contributed by atoms with Crippen LogP contribution < -0.4 is 0 Å². The smallest absolute Gasteiger partial charge is 0.224 e. The summed E-state index contributed by atoms with van der Waals surface area (Å²) >= 11 is 12.3. The molecule has 9 heteroatoms. The zero-order valence-corrected chi connectivity index (χ0v) is 12.6. The third kappa shape index (κ3) is 3.01. The van der Waals surface area contributed by atoms with Crippen LogP contribution in [0.3, 0.4) is 0 Å². The molecule has 20 heavy (non-hydrogen) atoms. The van der Waals surface area contributed by atoms with Gasteiger partial charge in [-0.25, -0.2) is 15.0 Å². The first-order valence-corrected chi connectivity index (χ1v) is 7.48. The van der Waals surface area contributed by atoms with E-state index in [0.29, 0.717) is 26.4 Å². The quantitative estimate of drug-likeness (QED) is 0.515. The van der Waals surface area contributed by atoms with Gasteiger partial charge < -0.3 is 14.4 Å². The highest BCUT2D eigenvalue weighted by Crippen LogP contribution is 2.21. The van der Waals surface area contributed by atoms with Crippen LogP contribution in [0.1, 0.15) is 0 Å². The summed E-state index contributed by atoms with van der Waals surface area (Å²) in [5.41, 5.74) is -0.573. The molecule has 0 bridgehead atoms. The van der Waals surface area contributed by atoms with E-state index in [1.54, 1.807) is 0 Å². The summed E-state index contributed by atoms with van der Waals surface area (Å²) in [7, 11) is 0. The van der Waals surface area contributed by atoms with Gasteiger partial charge in [0.05, 0.1) is 26.4 Å². The van der Waals surface area contributed by atoms with Crippen molar-refractivity contribution in [2.75, 3.05) is 52.6 Å². The van der Waals surface area contributed by atoms with E-state index in [-0.39, 0.29) is 5.29 Å². The Morgan fingerprint density at radius 1 is 1.00 bits per heavy atom. The Morgan fingerprint density at radius 3 is 2.25 bits per heavy atom. The molecule has 3 rings (SSSR count). The first-order chi connectivity index (χ1) is 9.75. The summed E-state index contributed by atoms with van der Waals surface area (Å²) in [5.74, 6) is 0.746. The van der Waals surface area contributed by atoms with Gasteiger partial charge in [-0.15, -0.1) is 0 Å². The molecule has 0 amide bonds. The molecule has 0 saturated carbocycles. The van der Waals surface area contributed by atoms with Gasteiger partial charge in [-0.1, -0.05) is 11.6 Å². The summed E-state index contributed by atoms with van der Waals surface area (Å²) in [6.45, 7) is 5.78. The Morgan fingerprint density at radius 2 is 1.60 bits per heavy atom. The van der Waals surface area contributed by atoms with E-state index in [1.165, 1.54) is 0 Å². The van der Waals surface area contributed by atoms with E-state index >= 15 is 0 Å². The highest BCUT2D eigenvalue weighted by molar-refractivity contribution is 6.66. The van der Waals surface area contributed by atoms with Gasteiger partial charge >= 0.3 is 0 Å². The summed E-state index contributed by atoms with van der Waals surface area (Å²) in [6.07, 6.45) is 0. The van der Waals surface area contributed by atoms with Crippen molar-refractivity contribution in [1.82, 2.24) is 14.9 Å². The summed E-state index contributed by atoms with van der Waals surface area (Å²) in [4.78, 5) is 10.6. The lowest BCUT2D eigenvalue weighted by molar-refractivity contribution is -0.0652. The minimum absolute atomic E-state index is 0.191. The number of hydrogen-bond acceptors (Lipinski definition) is 7. The van der Waals surface area contributed by atoms with Gasteiger partial charge in [0, 0.05) is 26.2 Å². The molecule has 0 aliphatic carbocycles. The minimum Gasteiger partial charge on any atom is -0.379 e. The summed E-state index contributed by atoms with van der Waals surface area (Å²) in [6, 6.07) is 0. The maximum Gasteiger partial charge on any atom is 0.224 e. The van der Waals surface area contributed by atoms with Crippen LogP contribution in [0, 0.1) is 0 Å². The van der Waals surface area contributed by atoms with Crippen molar-refractivity contribution in [3.05, 3.63) is 0 Å². The topological polar surface area (TPSA) is 52.9 Å². The van der Waals surface area contributed by atoms with Crippen LogP contribution in [0.4, 0.5) is 0 Å². The number of guanidine groups is 1. The second-order valence-electron chi connectivity index (χ2n) is 4.63. The molecule has 0 N–H and O–H groups in total. The van der Waals surface area contributed by atoms with E-state index in [4.69, 9.17) is 32.7 Å². The molecule has 1 atom stereocenters. The number of morpholine rings is 2. The van der Waals surface area contributed by atoms with Gasteiger partial charge in [-0.3, -0.25) is 0 Å². The number of amidine groups is 1. The van der Waals surface area contributed by atoms with E-state index in [1.807, 2.05) is 5.01 Å². The molecule has 2 fully saturated rings. The maximum atomic E-state index is 6.36. The van der Waals surface area contributed by atoms with Crippen LogP contribution in [-0.4, -0.2) is 84.4 Å². The molecule has 0 aromatic carbocycles. The number of hydrazine groups is 1. The average molecular weight is 322 g/mol. The third-order valence-electron chi connectivity index (χ3n) is 3.40. The van der Waals surface area contributed by atoms with Gasteiger partial charge in [-0.2, -0.15) is 4.99 Å². The maximum absolute atomic E-state index is 6.36. The summed E-state index contributed by atoms with van der Waals surface area (Å²) in [5, 5.41) is 4.21. The molecular weight excluding hydrogens is 305 g/mol. The minimum atomic E-state index is -0.573. The van der Waals surface area contributed by atoms with Crippen LogP contribution in [0.2, 0.25) is 0 Å². The lowest BCUT2D eigenvalue weighted by Gasteiger charge is -2.45. The van der Waals surface area contributed by atoms with Gasteiger partial charge in [0.2, 0.25) is 16.9 Å². The standard InChI is InChI=1S/C11H17Cl2N5O2/c12-9-14-10(13)18(17-3-7-20-8-4-17)11(15-9)16-1-5-19-6-2-16/h10H,1-8H2. The molecule has 2 saturated heterocycles. The highest BCUT2D eigenvalue weighted by Gasteiger charge is 2.34. The zero-order chi connectivity index (χ0) is 13.9. The van der Waals surface area contributed by atoms with Crippen LogP contribution >= 0.6 is 23.2 Å². The Bertz CT molecular complexity index is 408. The van der Waals surface area contributed by atoms with Crippen molar-refractivity contribution in [3.8, 4) is 0 Å². The Labute approximate surface area is 127 Å². The van der Waals surface area contributed by atoms with Crippen molar-refractivity contribution in [1.29, 1.82) is 0 Å². The fourth-order valence-corrected chi connectivity index (χ4v) is 2.93. The molecule has 3 aliphatic rings. The predicted molar refractivity (Wildman–Crippen MR) is 77.0 cm³/mol. The number of halogens is 2.